The molecule has 3 rings (SSSR count). The van der Waals surface area contributed by atoms with Crippen molar-refractivity contribution in [3.05, 3.63) is 59.2 Å². The van der Waals surface area contributed by atoms with Crippen molar-refractivity contribution in [3.8, 4) is 0 Å². The number of likely N-dealkylation sites (tertiary alicyclic amines) is 1. The molecule has 0 aliphatic carbocycles. The van der Waals surface area contributed by atoms with Crippen LogP contribution >= 0.6 is 0 Å². The van der Waals surface area contributed by atoms with Crippen molar-refractivity contribution in [1.82, 2.24) is 10.2 Å². The molecule has 0 aromatic heterocycles. The minimum Gasteiger partial charge on any atom is -0.350 e. The van der Waals surface area contributed by atoms with Gasteiger partial charge in [-0.2, -0.15) is 0 Å². The predicted molar refractivity (Wildman–Crippen MR) is 125 cm³/mol. The highest BCUT2D eigenvalue weighted by atomic mass is 32.2. The number of sulfonamides is 1. The second-order valence-corrected chi connectivity index (χ2v) is 10.6. The van der Waals surface area contributed by atoms with Gasteiger partial charge in [0.05, 0.1) is 4.90 Å². The number of piperidine rings is 1. The third-order valence-corrected chi connectivity index (χ3v) is 7.43. The molecule has 0 atom stereocenters. The van der Waals surface area contributed by atoms with Crippen LogP contribution in [0.5, 0.6) is 0 Å². The molecule has 168 valence electrons. The molecule has 31 heavy (non-hydrogen) atoms. The van der Waals surface area contributed by atoms with Gasteiger partial charge >= 0.3 is 0 Å². The summed E-state index contributed by atoms with van der Waals surface area (Å²) < 4.78 is 28.3. The molecule has 0 radical (unpaired) electrons. The van der Waals surface area contributed by atoms with Gasteiger partial charge < -0.3 is 5.32 Å². The number of rotatable bonds is 7. The van der Waals surface area contributed by atoms with Gasteiger partial charge in [0.15, 0.2) is 0 Å². The number of nitrogens with one attached hydrogen (secondary N) is 2. The predicted octanol–water partition coefficient (Wildman–Crippen LogP) is 4.10. The Morgan fingerprint density at radius 2 is 1.74 bits per heavy atom. The second kappa shape index (κ2) is 9.40. The summed E-state index contributed by atoms with van der Waals surface area (Å²) in [4.78, 5) is 15.4. The average Bonchev–Trinajstić information content (AvgIpc) is 2.74. The monoisotopic (exact) mass is 443 g/mol. The lowest BCUT2D eigenvalue weighted by Crippen LogP contribution is -2.53. The van der Waals surface area contributed by atoms with E-state index in [0.717, 1.165) is 18.7 Å². The number of amides is 1. The zero-order chi connectivity index (χ0) is 22.6. The molecule has 7 heteroatoms. The molecular weight excluding hydrogens is 410 g/mol. The minimum absolute atomic E-state index is 0.127. The Morgan fingerprint density at radius 1 is 1.03 bits per heavy atom. The number of benzene rings is 2. The molecule has 2 aromatic rings. The molecule has 2 N–H and O–H groups in total. The van der Waals surface area contributed by atoms with Gasteiger partial charge in [-0.15, -0.1) is 0 Å². The number of aryl methyl sites for hydroxylation is 2. The zero-order valence-corrected chi connectivity index (χ0v) is 19.7. The molecule has 6 nitrogen and oxygen atoms in total. The van der Waals surface area contributed by atoms with Gasteiger partial charge in [0.2, 0.25) is 0 Å². The van der Waals surface area contributed by atoms with Crippen LogP contribution < -0.4 is 10.0 Å². The molecule has 1 fully saturated rings. The Labute approximate surface area is 186 Å². The summed E-state index contributed by atoms with van der Waals surface area (Å²) in [5.74, 6) is -0.210. The highest BCUT2D eigenvalue weighted by Gasteiger charge is 2.28. The molecule has 1 heterocycles. The van der Waals surface area contributed by atoms with Crippen LogP contribution in [0, 0.1) is 13.8 Å². The minimum atomic E-state index is -3.75. The van der Waals surface area contributed by atoms with Crippen molar-refractivity contribution < 1.29 is 13.2 Å². The summed E-state index contributed by atoms with van der Waals surface area (Å²) in [6, 6.07) is 11.9. The lowest BCUT2D eigenvalue weighted by atomic mass is 9.98. The molecule has 1 aliphatic heterocycles. The van der Waals surface area contributed by atoms with E-state index in [-0.39, 0.29) is 16.3 Å². The first-order chi connectivity index (χ1) is 14.6. The Hall–Kier alpha value is -2.38. The maximum atomic E-state index is 12.9. The molecule has 0 bridgehead atoms. The van der Waals surface area contributed by atoms with E-state index in [9.17, 15) is 13.2 Å². The molecule has 0 saturated carbocycles. The first kappa shape index (κ1) is 23.3. The van der Waals surface area contributed by atoms with Gasteiger partial charge in [-0.1, -0.05) is 24.6 Å². The average molecular weight is 444 g/mol. The van der Waals surface area contributed by atoms with E-state index < -0.39 is 10.0 Å². The summed E-state index contributed by atoms with van der Waals surface area (Å²) in [5.41, 5.74) is 2.21. The summed E-state index contributed by atoms with van der Waals surface area (Å²) in [6.45, 7) is 10.6. The van der Waals surface area contributed by atoms with E-state index in [4.69, 9.17) is 0 Å². The standard InChI is InChI=1S/C24H33N3O3S/c1-18-11-12-19(2)22(15-18)31(29,30)26-21-10-8-9-20(16-21)23(28)25-17-24(3,4)27-13-6-5-7-14-27/h8-12,15-16,26H,5-7,13-14,17H2,1-4H3,(H,25,28). The molecule has 1 aliphatic rings. The quantitative estimate of drug-likeness (QED) is 0.675. The highest BCUT2D eigenvalue weighted by molar-refractivity contribution is 7.92. The van der Waals surface area contributed by atoms with Gasteiger partial charge in [-0.05, 0) is 89.0 Å². The van der Waals surface area contributed by atoms with Gasteiger partial charge in [0.1, 0.15) is 0 Å². The number of hydrogen-bond acceptors (Lipinski definition) is 4. The van der Waals surface area contributed by atoms with Crippen molar-refractivity contribution in [3.63, 3.8) is 0 Å². The van der Waals surface area contributed by atoms with Crippen LogP contribution in [0.15, 0.2) is 47.4 Å². The summed E-state index contributed by atoms with van der Waals surface area (Å²) >= 11 is 0. The zero-order valence-electron chi connectivity index (χ0n) is 18.9. The first-order valence-corrected chi connectivity index (χ1v) is 12.3. The van der Waals surface area contributed by atoms with Gasteiger partial charge in [0.25, 0.3) is 15.9 Å². The SMILES string of the molecule is Cc1ccc(C)c(S(=O)(=O)Nc2cccc(C(=O)NCC(C)(C)N3CCCCC3)c2)c1. The van der Waals surface area contributed by atoms with Crippen molar-refractivity contribution >= 4 is 21.6 Å². The van der Waals surface area contributed by atoms with E-state index in [1.807, 2.05) is 13.0 Å². The van der Waals surface area contributed by atoms with E-state index in [1.165, 1.54) is 19.3 Å². The van der Waals surface area contributed by atoms with E-state index in [1.54, 1.807) is 43.3 Å². The second-order valence-electron chi connectivity index (χ2n) is 9.00. The fraction of sp³-hybridized carbons (Fsp3) is 0.458. The van der Waals surface area contributed by atoms with Gasteiger partial charge in [-0.3, -0.25) is 14.4 Å². The summed E-state index contributed by atoms with van der Waals surface area (Å²) in [6.07, 6.45) is 3.66. The number of nitrogens with zero attached hydrogens (tertiary/aromatic N) is 1. The summed E-state index contributed by atoms with van der Waals surface area (Å²) in [5, 5.41) is 3.02. The third kappa shape index (κ3) is 5.86. The first-order valence-electron chi connectivity index (χ1n) is 10.8. The molecule has 0 spiro atoms. The van der Waals surface area contributed by atoms with E-state index in [0.29, 0.717) is 23.4 Å². The fourth-order valence-electron chi connectivity index (χ4n) is 3.94. The lowest BCUT2D eigenvalue weighted by Gasteiger charge is -2.41. The van der Waals surface area contributed by atoms with Gasteiger partial charge in [-0.25, -0.2) is 8.42 Å². The van der Waals surface area contributed by atoms with Crippen molar-refractivity contribution in [2.45, 2.75) is 57.4 Å². The Bertz CT molecular complexity index is 1040. The lowest BCUT2D eigenvalue weighted by molar-refractivity contribution is 0.0797. The largest absolute Gasteiger partial charge is 0.350 e. The van der Waals surface area contributed by atoms with Crippen LogP contribution in [0.3, 0.4) is 0 Å². The van der Waals surface area contributed by atoms with E-state index >= 15 is 0 Å². The molecule has 0 unspecified atom stereocenters. The van der Waals surface area contributed by atoms with Crippen LogP contribution in [-0.4, -0.2) is 44.4 Å². The van der Waals surface area contributed by atoms with Crippen LogP contribution in [0.25, 0.3) is 0 Å². The van der Waals surface area contributed by atoms with E-state index in [2.05, 4.69) is 28.8 Å². The Morgan fingerprint density at radius 3 is 2.45 bits per heavy atom. The number of hydrogen-bond donors (Lipinski definition) is 2. The molecule has 1 saturated heterocycles. The normalized spacial score (nSPS) is 15.5. The number of anilines is 1. The Kier molecular flexibility index (Phi) is 7.06. The maximum Gasteiger partial charge on any atom is 0.262 e. The van der Waals surface area contributed by atoms with Crippen LogP contribution in [0.1, 0.15) is 54.6 Å². The van der Waals surface area contributed by atoms with Crippen molar-refractivity contribution in [2.75, 3.05) is 24.4 Å². The van der Waals surface area contributed by atoms with Gasteiger partial charge in [0, 0.05) is 23.3 Å². The molecular formula is C24H33N3O3S. The van der Waals surface area contributed by atoms with Crippen LogP contribution in [0.2, 0.25) is 0 Å². The van der Waals surface area contributed by atoms with Crippen LogP contribution in [0.4, 0.5) is 5.69 Å². The Balaban J connectivity index is 1.69. The molecule has 2 aromatic carbocycles. The highest BCUT2D eigenvalue weighted by Crippen LogP contribution is 2.22. The van der Waals surface area contributed by atoms with Crippen molar-refractivity contribution in [2.24, 2.45) is 0 Å². The van der Waals surface area contributed by atoms with Crippen LogP contribution in [-0.2, 0) is 10.0 Å². The topological polar surface area (TPSA) is 78.5 Å². The molecule has 1 amide bonds. The third-order valence-electron chi connectivity index (χ3n) is 5.90. The number of carbonyl (C=O) groups is 1. The maximum absolute atomic E-state index is 12.9. The fourth-order valence-corrected chi connectivity index (χ4v) is 5.32. The number of carbonyl (C=O) groups excluding carboxylic acids is 1. The summed E-state index contributed by atoms with van der Waals surface area (Å²) in [7, 11) is -3.75. The smallest absolute Gasteiger partial charge is 0.262 e. The van der Waals surface area contributed by atoms with Crippen molar-refractivity contribution in [1.29, 1.82) is 0 Å².